The molecule has 0 aliphatic carbocycles. The molecule has 19 heavy (non-hydrogen) atoms. The Morgan fingerprint density at radius 3 is 2.89 bits per heavy atom. The number of piperazine rings is 1. The highest BCUT2D eigenvalue weighted by molar-refractivity contribution is 5.42. The highest BCUT2D eigenvalue weighted by Gasteiger charge is 2.33. The van der Waals surface area contributed by atoms with Gasteiger partial charge in [-0.2, -0.15) is 0 Å². The van der Waals surface area contributed by atoms with Gasteiger partial charge in [-0.1, -0.05) is 18.2 Å². The average Bonchev–Trinajstić information content (AvgIpc) is 2.87. The molecule has 2 unspecified atom stereocenters. The molecule has 2 aliphatic rings. The van der Waals surface area contributed by atoms with Crippen molar-refractivity contribution >= 4 is 5.69 Å². The van der Waals surface area contributed by atoms with Gasteiger partial charge in [-0.15, -0.1) is 0 Å². The fourth-order valence-electron chi connectivity index (χ4n) is 3.46. The molecule has 0 saturated carbocycles. The van der Waals surface area contributed by atoms with E-state index in [0.29, 0.717) is 6.04 Å². The molecular weight excluding hydrogens is 234 g/mol. The summed E-state index contributed by atoms with van der Waals surface area (Å²) >= 11 is 0. The molecule has 3 heteroatoms. The molecule has 0 spiro atoms. The summed E-state index contributed by atoms with van der Waals surface area (Å²) < 4.78 is 0. The van der Waals surface area contributed by atoms with Crippen LogP contribution in [0.3, 0.4) is 0 Å². The third kappa shape index (κ3) is 3.10. The molecule has 3 rings (SSSR count). The van der Waals surface area contributed by atoms with E-state index < -0.39 is 0 Å². The van der Waals surface area contributed by atoms with Gasteiger partial charge in [0.25, 0.3) is 0 Å². The van der Waals surface area contributed by atoms with Crippen LogP contribution in [0, 0.1) is 0 Å². The minimum atomic E-state index is 0.701. The van der Waals surface area contributed by atoms with Gasteiger partial charge in [-0.05, 0) is 38.4 Å². The fourth-order valence-corrected chi connectivity index (χ4v) is 3.46. The van der Waals surface area contributed by atoms with Crippen LogP contribution >= 0.6 is 0 Å². The van der Waals surface area contributed by atoms with Crippen LogP contribution in [-0.4, -0.2) is 54.6 Å². The van der Waals surface area contributed by atoms with Crippen molar-refractivity contribution in [2.24, 2.45) is 0 Å². The molecule has 2 heterocycles. The predicted molar refractivity (Wildman–Crippen MR) is 80.6 cm³/mol. The molecule has 1 N–H and O–H groups in total. The van der Waals surface area contributed by atoms with E-state index in [1.54, 1.807) is 0 Å². The molecule has 2 fully saturated rings. The first-order valence-electron chi connectivity index (χ1n) is 7.60. The fraction of sp³-hybridized carbons (Fsp3) is 0.625. The summed E-state index contributed by atoms with van der Waals surface area (Å²) in [6, 6.07) is 12.0. The monoisotopic (exact) mass is 259 g/mol. The lowest BCUT2D eigenvalue weighted by molar-refractivity contribution is 0.0627. The average molecular weight is 259 g/mol. The number of rotatable bonds is 4. The van der Waals surface area contributed by atoms with E-state index in [4.69, 9.17) is 0 Å². The second-order valence-corrected chi connectivity index (χ2v) is 5.93. The molecule has 0 amide bonds. The van der Waals surface area contributed by atoms with E-state index in [1.807, 2.05) is 0 Å². The molecule has 2 aliphatic heterocycles. The van der Waals surface area contributed by atoms with Crippen molar-refractivity contribution in [3.05, 3.63) is 30.3 Å². The van der Waals surface area contributed by atoms with Gasteiger partial charge in [0.05, 0.1) is 0 Å². The largest absolute Gasteiger partial charge is 0.384 e. The molecule has 0 bridgehead atoms. The Kier molecular flexibility index (Phi) is 4.04. The van der Waals surface area contributed by atoms with Crippen LogP contribution in [0.2, 0.25) is 0 Å². The number of fused-ring (bicyclic) bond motifs is 1. The van der Waals surface area contributed by atoms with E-state index in [2.05, 4.69) is 52.4 Å². The number of hydrogen-bond donors (Lipinski definition) is 1. The number of nitrogens with one attached hydrogen (secondary N) is 1. The van der Waals surface area contributed by atoms with E-state index in [-0.39, 0.29) is 0 Å². The Balaban J connectivity index is 1.47. The van der Waals surface area contributed by atoms with Crippen molar-refractivity contribution in [3.8, 4) is 0 Å². The zero-order chi connectivity index (χ0) is 13.1. The van der Waals surface area contributed by atoms with Gasteiger partial charge in [0.2, 0.25) is 0 Å². The lowest BCUT2D eigenvalue weighted by Crippen LogP contribution is -2.55. The van der Waals surface area contributed by atoms with Gasteiger partial charge >= 0.3 is 0 Å². The zero-order valence-electron chi connectivity index (χ0n) is 11.9. The smallest absolute Gasteiger partial charge is 0.0340 e. The summed E-state index contributed by atoms with van der Waals surface area (Å²) in [7, 11) is 0. The van der Waals surface area contributed by atoms with Crippen molar-refractivity contribution in [3.63, 3.8) is 0 Å². The number of hydrogen-bond acceptors (Lipinski definition) is 3. The van der Waals surface area contributed by atoms with Gasteiger partial charge in [-0.3, -0.25) is 9.80 Å². The highest BCUT2D eigenvalue weighted by atomic mass is 15.3. The quantitative estimate of drug-likeness (QED) is 0.895. The Labute approximate surface area is 116 Å². The molecule has 3 nitrogen and oxygen atoms in total. The standard InChI is InChI=1S/C16H25N3/c1-14-12-19-10-5-8-16(19)13-18(14)11-9-17-15-6-3-2-4-7-15/h2-4,6-7,14,16-17H,5,8-13H2,1H3. The first-order chi connectivity index (χ1) is 9.33. The maximum Gasteiger partial charge on any atom is 0.0340 e. The Hall–Kier alpha value is -1.06. The van der Waals surface area contributed by atoms with Crippen LogP contribution < -0.4 is 5.32 Å². The van der Waals surface area contributed by atoms with E-state index in [0.717, 1.165) is 19.1 Å². The van der Waals surface area contributed by atoms with Crippen LogP contribution in [-0.2, 0) is 0 Å². The third-order valence-electron chi connectivity index (χ3n) is 4.57. The second kappa shape index (κ2) is 5.93. The van der Waals surface area contributed by atoms with Gasteiger partial charge in [0.1, 0.15) is 0 Å². The number of nitrogens with zero attached hydrogens (tertiary/aromatic N) is 2. The van der Waals surface area contributed by atoms with Crippen molar-refractivity contribution in [2.45, 2.75) is 31.8 Å². The summed E-state index contributed by atoms with van der Waals surface area (Å²) in [5.74, 6) is 0. The van der Waals surface area contributed by atoms with Gasteiger partial charge in [0, 0.05) is 44.0 Å². The first-order valence-corrected chi connectivity index (χ1v) is 7.60. The van der Waals surface area contributed by atoms with Gasteiger partial charge in [-0.25, -0.2) is 0 Å². The molecule has 0 radical (unpaired) electrons. The highest BCUT2D eigenvalue weighted by Crippen LogP contribution is 2.24. The molecule has 2 saturated heterocycles. The molecular formula is C16H25N3. The Morgan fingerprint density at radius 2 is 2.05 bits per heavy atom. The van der Waals surface area contributed by atoms with Gasteiger partial charge < -0.3 is 5.32 Å². The SMILES string of the molecule is CC1CN2CCCC2CN1CCNc1ccccc1. The second-order valence-electron chi connectivity index (χ2n) is 5.93. The molecule has 0 aromatic heterocycles. The summed E-state index contributed by atoms with van der Waals surface area (Å²) in [6.45, 7) is 8.41. The lowest BCUT2D eigenvalue weighted by Gasteiger charge is -2.42. The minimum Gasteiger partial charge on any atom is -0.384 e. The van der Waals surface area contributed by atoms with Crippen molar-refractivity contribution in [1.29, 1.82) is 0 Å². The van der Waals surface area contributed by atoms with Crippen molar-refractivity contribution < 1.29 is 0 Å². The summed E-state index contributed by atoms with van der Waals surface area (Å²) in [5, 5.41) is 3.52. The van der Waals surface area contributed by atoms with Gasteiger partial charge in [0.15, 0.2) is 0 Å². The molecule has 1 aromatic rings. The lowest BCUT2D eigenvalue weighted by atomic mass is 10.1. The zero-order valence-corrected chi connectivity index (χ0v) is 11.9. The van der Waals surface area contributed by atoms with Crippen LogP contribution in [0.4, 0.5) is 5.69 Å². The third-order valence-corrected chi connectivity index (χ3v) is 4.57. The molecule has 1 aromatic carbocycles. The van der Waals surface area contributed by atoms with Crippen LogP contribution in [0.1, 0.15) is 19.8 Å². The summed E-state index contributed by atoms with van der Waals surface area (Å²) in [6.07, 6.45) is 2.79. The van der Waals surface area contributed by atoms with Crippen LogP contribution in [0.25, 0.3) is 0 Å². The minimum absolute atomic E-state index is 0.701. The summed E-state index contributed by atoms with van der Waals surface area (Å²) in [5.41, 5.74) is 1.23. The van der Waals surface area contributed by atoms with Crippen molar-refractivity contribution in [2.75, 3.05) is 38.0 Å². The number of anilines is 1. The van der Waals surface area contributed by atoms with E-state index in [1.165, 1.54) is 38.2 Å². The summed E-state index contributed by atoms with van der Waals surface area (Å²) in [4.78, 5) is 5.34. The molecule has 2 atom stereocenters. The van der Waals surface area contributed by atoms with E-state index in [9.17, 15) is 0 Å². The maximum absolute atomic E-state index is 3.52. The van der Waals surface area contributed by atoms with E-state index >= 15 is 0 Å². The first kappa shape index (κ1) is 12.9. The number of para-hydroxylation sites is 1. The Bertz CT molecular complexity index is 392. The Morgan fingerprint density at radius 1 is 1.21 bits per heavy atom. The predicted octanol–water partition coefficient (Wildman–Crippen LogP) is 2.27. The van der Waals surface area contributed by atoms with Crippen LogP contribution in [0.5, 0.6) is 0 Å². The van der Waals surface area contributed by atoms with Crippen molar-refractivity contribution in [1.82, 2.24) is 9.80 Å². The number of benzene rings is 1. The molecule has 104 valence electrons. The normalized spacial score (nSPS) is 28.3. The maximum atomic E-state index is 3.52. The van der Waals surface area contributed by atoms with Crippen LogP contribution in [0.15, 0.2) is 30.3 Å². The topological polar surface area (TPSA) is 18.5 Å².